The van der Waals surface area contributed by atoms with Gasteiger partial charge >= 0.3 is 4.94 Å². The number of ether oxygens (including phenoxy) is 1. The van der Waals surface area contributed by atoms with Crippen molar-refractivity contribution in [2.24, 2.45) is 0 Å². The summed E-state index contributed by atoms with van der Waals surface area (Å²) in [5.41, 5.74) is 0.490. The van der Waals surface area contributed by atoms with Crippen LogP contribution in [0, 0.1) is 0 Å². The number of fused-ring (bicyclic) bond motifs is 1. The summed E-state index contributed by atoms with van der Waals surface area (Å²) in [6.07, 6.45) is 0. The van der Waals surface area contributed by atoms with E-state index in [1.165, 1.54) is 31.4 Å². The van der Waals surface area contributed by atoms with E-state index in [2.05, 4.69) is 4.72 Å². The maximum Gasteiger partial charge on any atom is 0.396 e. The van der Waals surface area contributed by atoms with Crippen LogP contribution in [0.4, 0.5) is 5.69 Å². The summed E-state index contributed by atoms with van der Waals surface area (Å²) in [6, 6.07) is 8.84. The molecule has 0 radical (unpaired) electrons. The van der Waals surface area contributed by atoms with Gasteiger partial charge in [0.2, 0.25) is 0 Å². The highest BCUT2D eigenvalue weighted by Gasteiger charge is 2.16. The molecule has 3 rings (SSSR count). The molecule has 0 amide bonds. The SMILES string of the molecule is COc1ccc(S(=O)(=O)Nc2cc(Cl)c3oc(=O)sc3c2)cc1. The van der Waals surface area contributed by atoms with Gasteiger partial charge in [-0.1, -0.05) is 22.9 Å². The van der Waals surface area contributed by atoms with Crippen LogP contribution in [-0.4, -0.2) is 15.5 Å². The van der Waals surface area contributed by atoms with E-state index in [1.807, 2.05) is 0 Å². The van der Waals surface area contributed by atoms with Crippen LogP contribution in [0.25, 0.3) is 10.3 Å². The van der Waals surface area contributed by atoms with E-state index in [-0.39, 0.29) is 21.2 Å². The minimum absolute atomic E-state index is 0.0786. The summed E-state index contributed by atoms with van der Waals surface area (Å²) in [5.74, 6) is 0.552. The Kier molecular flexibility index (Phi) is 4.05. The monoisotopic (exact) mass is 371 g/mol. The summed E-state index contributed by atoms with van der Waals surface area (Å²) in [5, 5.41) is 0.160. The summed E-state index contributed by atoms with van der Waals surface area (Å²) >= 11 is 6.86. The van der Waals surface area contributed by atoms with Crippen LogP contribution in [0.1, 0.15) is 0 Å². The minimum atomic E-state index is -3.79. The molecule has 0 aliphatic rings. The van der Waals surface area contributed by atoms with E-state index in [9.17, 15) is 13.2 Å². The van der Waals surface area contributed by atoms with E-state index in [0.717, 1.165) is 11.3 Å². The Balaban J connectivity index is 1.97. The Hall–Kier alpha value is -2.03. The van der Waals surface area contributed by atoms with Crippen molar-refractivity contribution in [3.63, 3.8) is 0 Å². The number of sulfonamides is 1. The maximum absolute atomic E-state index is 12.4. The molecule has 0 aliphatic carbocycles. The van der Waals surface area contributed by atoms with Gasteiger partial charge < -0.3 is 9.15 Å². The number of nitrogens with one attached hydrogen (secondary N) is 1. The lowest BCUT2D eigenvalue weighted by Gasteiger charge is -2.09. The van der Waals surface area contributed by atoms with Crippen molar-refractivity contribution >= 4 is 48.9 Å². The standard InChI is InChI=1S/C14H10ClNO5S2/c1-20-9-2-4-10(5-3-9)23(18,19)16-8-6-11(15)13-12(7-8)22-14(17)21-13/h2-7,16H,1H3. The molecule has 0 atom stereocenters. The molecule has 0 saturated carbocycles. The molecule has 0 spiro atoms. The van der Waals surface area contributed by atoms with E-state index in [1.54, 1.807) is 12.1 Å². The number of rotatable bonds is 4. The first-order chi connectivity index (χ1) is 10.9. The first kappa shape index (κ1) is 15.9. The Morgan fingerprint density at radius 2 is 1.91 bits per heavy atom. The second kappa shape index (κ2) is 5.88. The summed E-state index contributed by atoms with van der Waals surface area (Å²) in [6.45, 7) is 0. The first-order valence-electron chi connectivity index (χ1n) is 6.29. The van der Waals surface area contributed by atoms with Crippen molar-refractivity contribution in [2.45, 2.75) is 4.90 Å². The van der Waals surface area contributed by atoms with Crippen molar-refractivity contribution in [2.75, 3.05) is 11.8 Å². The molecule has 0 saturated heterocycles. The van der Waals surface area contributed by atoms with E-state index in [4.69, 9.17) is 20.8 Å². The van der Waals surface area contributed by atoms with Crippen LogP contribution in [-0.2, 0) is 10.0 Å². The highest BCUT2D eigenvalue weighted by atomic mass is 35.5. The normalized spacial score (nSPS) is 11.6. The zero-order valence-electron chi connectivity index (χ0n) is 11.7. The van der Waals surface area contributed by atoms with E-state index < -0.39 is 15.0 Å². The van der Waals surface area contributed by atoms with Crippen molar-refractivity contribution in [1.82, 2.24) is 0 Å². The summed E-state index contributed by atoms with van der Waals surface area (Å²) < 4.78 is 37.6. The van der Waals surface area contributed by atoms with Gasteiger partial charge in [0.05, 0.1) is 27.4 Å². The van der Waals surface area contributed by atoms with Crippen LogP contribution in [0.15, 0.2) is 50.5 Å². The third kappa shape index (κ3) is 3.19. The molecule has 0 bridgehead atoms. The largest absolute Gasteiger partial charge is 0.497 e. The lowest BCUT2D eigenvalue weighted by Crippen LogP contribution is -2.12. The second-order valence-electron chi connectivity index (χ2n) is 4.52. The third-order valence-electron chi connectivity index (χ3n) is 3.01. The molecule has 0 fully saturated rings. The van der Waals surface area contributed by atoms with Gasteiger partial charge in [-0.15, -0.1) is 0 Å². The van der Waals surface area contributed by atoms with Gasteiger partial charge in [-0.2, -0.15) is 0 Å². The maximum atomic E-state index is 12.4. The van der Waals surface area contributed by atoms with Gasteiger partial charge in [0.25, 0.3) is 10.0 Å². The van der Waals surface area contributed by atoms with Gasteiger partial charge in [-0.3, -0.25) is 4.72 Å². The Labute approximate surface area is 140 Å². The Morgan fingerprint density at radius 3 is 2.57 bits per heavy atom. The number of methoxy groups -OCH3 is 1. The second-order valence-corrected chi connectivity index (χ2v) is 7.59. The van der Waals surface area contributed by atoms with Crippen LogP contribution in [0.2, 0.25) is 5.02 Å². The fourth-order valence-corrected chi connectivity index (χ4v) is 4.05. The van der Waals surface area contributed by atoms with Crippen LogP contribution in [0.3, 0.4) is 0 Å². The Bertz CT molecular complexity index is 1020. The average molecular weight is 372 g/mol. The van der Waals surface area contributed by atoms with E-state index in [0.29, 0.717) is 10.4 Å². The lowest BCUT2D eigenvalue weighted by molar-refractivity contribution is 0.414. The summed E-state index contributed by atoms with van der Waals surface area (Å²) in [7, 11) is -2.29. The molecule has 0 unspecified atom stereocenters. The minimum Gasteiger partial charge on any atom is -0.497 e. The highest BCUT2D eigenvalue weighted by molar-refractivity contribution is 7.92. The van der Waals surface area contributed by atoms with Gasteiger partial charge in [0.1, 0.15) is 5.75 Å². The lowest BCUT2D eigenvalue weighted by atomic mass is 10.3. The molecule has 1 heterocycles. The molecule has 2 aromatic carbocycles. The molecular formula is C14H10ClNO5S2. The zero-order chi connectivity index (χ0) is 16.6. The number of benzene rings is 2. The molecule has 1 aromatic heterocycles. The van der Waals surface area contributed by atoms with Crippen LogP contribution in [0.5, 0.6) is 5.75 Å². The molecule has 6 nitrogen and oxygen atoms in total. The zero-order valence-corrected chi connectivity index (χ0v) is 14.1. The van der Waals surface area contributed by atoms with Gasteiger partial charge in [-0.05, 0) is 36.4 Å². The molecule has 9 heteroatoms. The number of anilines is 1. The van der Waals surface area contributed by atoms with Gasteiger partial charge in [0.15, 0.2) is 5.58 Å². The average Bonchev–Trinajstić information content (AvgIpc) is 2.88. The third-order valence-corrected chi connectivity index (χ3v) is 5.46. The van der Waals surface area contributed by atoms with Gasteiger partial charge in [-0.25, -0.2) is 13.2 Å². The van der Waals surface area contributed by atoms with Gasteiger partial charge in [0, 0.05) is 0 Å². The first-order valence-corrected chi connectivity index (χ1v) is 8.97. The molecule has 120 valence electrons. The molecule has 1 N–H and O–H groups in total. The predicted molar refractivity (Wildman–Crippen MR) is 89.2 cm³/mol. The fourth-order valence-electron chi connectivity index (χ4n) is 1.96. The topological polar surface area (TPSA) is 85.6 Å². The highest BCUT2D eigenvalue weighted by Crippen LogP contribution is 2.30. The number of hydrogen-bond donors (Lipinski definition) is 1. The number of hydrogen-bond acceptors (Lipinski definition) is 6. The smallest absolute Gasteiger partial charge is 0.396 e. The molecule has 0 aliphatic heterocycles. The fraction of sp³-hybridized carbons (Fsp3) is 0.0714. The van der Waals surface area contributed by atoms with Crippen LogP contribution < -0.4 is 14.4 Å². The molecule has 3 aromatic rings. The van der Waals surface area contributed by atoms with Crippen molar-refractivity contribution in [3.05, 3.63) is 51.2 Å². The van der Waals surface area contributed by atoms with Crippen molar-refractivity contribution in [3.8, 4) is 5.75 Å². The van der Waals surface area contributed by atoms with E-state index >= 15 is 0 Å². The van der Waals surface area contributed by atoms with Crippen molar-refractivity contribution in [1.29, 1.82) is 0 Å². The molecule has 23 heavy (non-hydrogen) atoms. The molecular weight excluding hydrogens is 362 g/mol. The summed E-state index contributed by atoms with van der Waals surface area (Å²) in [4.78, 5) is 10.8. The quantitative estimate of drug-likeness (QED) is 0.760. The van der Waals surface area contributed by atoms with Crippen molar-refractivity contribution < 1.29 is 17.6 Å². The predicted octanol–water partition coefficient (Wildman–Crippen LogP) is 3.32. The number of halogens is 1. The van der Waals surface area contributed by atoms with Crippen LogP contribution >= 0.6 is 22.9 Å². The Morgan fingerprint density at radius 1 is 1.22 bits per heavy atom.